The van der Waals surface area contributed by atoms with Crippen molar-refractivity contribution in [3.63, 3.8) is 0 Å². The lowest BCUT2D eigenvalue weighted by atomic mass is 10.1. The van der Waals surface area contributed by atoms with E-state index in [0.717, 1.165) is 6.07 Å². The Morgan fingerprint density at radius 3 is 2.70 bits per heavy atom. The number of nitrogens with one attached hydrogen (secondary N) is 1. The Morgan fingerprint density at radius 2 is 2.09 bits per heavy atom. The molecule has 3 N–H and O–H groups in total. The van der Waals surface area contributed by atoms with Crippen LogP contribution < -0.4 is 11.1 Å². The summed E-state index contributed by atoms with van der Waals surface area (Å²) in [6, 6.07) is 2.31. The van der Waals surface area contributed by atoms with Crippen molar-refractivity contribution in [3.05, 3.63) is 29.7 Å². The molecule has 0 fully saturated rings. The maximum Gasteiger partial charge on any atom is 0.407 e. The summed E-state index contributed by atoms with van der Waals surface area (Å²) in [5.74, 6) is -1.31. The summed E-state index contributed by atoms with van der Waals surface area (Å²) in [4.78, 5) is 22.9. The van der Waals surface area contributed by atoms with Crippen molar-refractivity contribution < 1.29 is 18.7 Å². The Kier molecular flexibility index (Phi) is 4.53. The van der Waals surface area contributed by atoms with Gasteiger partial charge in [0.15, 0.2) is 0 Å². The third-order valence-corrected chi connectivity index (χ3v) is 2.92. The topological polar surface area (TPSA) is 99.2 Å². The minimum Gasteiger partial charge on any atom is -0.448 e. The fourth-order valence-electron chi connectivity index (χ4n) is 2.02. The molecule has 0 aliphatic rings. The van der Waals surface area contributed by atoms with Crippen molar-refractivity contribution in [2.75, 3.05) is 6.61 Å². The number of fused-ring (bicyclic) bond motifs is 1. The zero-order valence-electron chi connectivity index (χ0n) is 13.2. The molecule has 23 heavy (non-hydrogen) atoms. The van der Waals surface area contributed by atoms with Crippen molar-refractivity contribution in [1.29, 1.82) is 0 Å². The summed E-state index contributed by atoms with van der Waals surface area (Å²) < 4.78 is 20.0. The van der Waals surface area contributed by atoms with Crippen LogP contribution in [0.2, 0.25) is 0 Å². The van der Waals surface area contributed by atoms with Gasteiger partial charge in [0, 0.05) is 17.1 Å². The van der Waals surface area contributed by atoms with Gasteiger partial charge in [0.05, 0.1) is 12.1 Å². The molecule has 1 aromatic heterocycles. The predicted molar refractivity (Wildman–Crippen MR) is 82.4 cm³/mol. The first-order valence-electron chi connectivity index (χ1n) is 7.07. The van der Waals surface area contributed by atoms with Gasteiger partial charge in [0.1, 0.15) is 17.9 Å². The number of aromatic nitrogens is 2. The van der Waals surface area contributed by atoms with E-state index in [1.165, 1.54) is 10.7 Å². The van der Waals surface area contributed by atoms with Gasteiger partial charge in [-0.3, -0.25) is 9.48 Å². The highest BCUT2D eigenvalue weighted by Gasteiger charge is 2.15. The quantitative estimate of drug-likeness (QED) is 0.896. The Hall–Kier alpha value is -2.64. The highest BCUT2D eigenvalue weighted by Crippen LogP contribution is 2.19. The number of halogens is 1. The first-order chi connectivity index (χ1) is 10.7. The minimum absolute atomic E-state index is 0.0187. The number of nitrogens with two attached hydrogens (primary N) is 1. The molecule has 0 aliphatic carbocycles. The van der Waals surface area contributed by atoms with Gasteiger partial charge in [-0.15, -0.1) is 0 Å². The third kappa shape index (κ3) is 4.41. The smallest absolute Gasteiger partial charge is 0.407 e. The molecule has 0 bridgehead atoms. The van der Waals surface area contributed by atoms with Crippen molar-refractivity contribution in [2.24, 2.45) is 5.73 Å². The van der Waals surface area contributed by atoms with Crippen LogP contribution in [0, 0.1) is 5.82 Å². The molecule has 2 aromatic rings. The van der Waals surface area contributed by atoms with Crippen LogP contribution >= 0.6 is 0 Å². The van der Waals surface area contributed by atoms with Gasteiger partial charge in [-0.2, -0.15) is 5.10 Å². The van der Waals surface area contributed by atoms with Crippen LogP contribution in [0.1, 0.15) is 31.1 Å². The Balaban J connectivity index is 2.06. The molecule has 7 nitrogen and oxygen atoms in total. The van der Waals surface area contributed by atoms with E-state index in [1.807, 2.05) is 20.8 Å². The molecule has 0 spiro atoms. The molecule has 8 heteroatoms. The second kappa shape index (κ2) is 6.23. The lowest BCUT2D eigenvalue weighted by Crippen LogP contribution is -2.41. The maximum atomic E-state index is 13.5. The number of alkyl carbamates (subject to hydrolysis) is 1. The average Bonchev–Trinajstić information content (AvgIpc) is 2.77. The number of hydrogen-bond donors (Lipinski definition) is 2. The number of amides is 2. The Bertz CT molecular complexity index is 749. The average molecular weight is 322 g/mol. The second-order valence-corrected chi connectivity index (χ2v) is 6.16. The Morgan fingerprint density at radius 1 is 1.39 bits per heavy atom. The van der Waals surface area contributed by atoms with Crippen LogP contribution in [0.25, 0.3) is 10.9 Å². The summed E-state index contributed by atoms with van der Waals surface area (Å²) in [5.41, 5.74) is 5.18. The summed E-state index contributed by atoms with van der Waals surface area (Å²) in [5, 5.41) is 7.30. The van der Waals surface area contributed by atoms with Gasteiger partial charge >= 0.3 is 6.09 Å². The van der Waals surface area contributed by atoms with Crippen LogP contribution in [-0.4, -0.2) is 33.9 Å². The standard InChI is InChI=1S/C15H19FN4O3/c1-15(2,3)18-14(22)23-5-4-20-8-9-6-10(16)7-11(13(17)21)12(9)19-20/h6-8H,4-5H2,1-3H3,(H2,17,21)(H,18,22). The zero-order valence-corrected chi connectivity index (χ0v) is 13.2. The van der Waals surface area contributed by atoms with Crippen molar-refractivity contribution in [3.8, 4) is 0 Å². The number of carbonyl (C=O) groups excluding carboxylic acids is 2. The van der Waals surface area contributed by atoms with Crippen LogP contribution in [-0.2, 0) is 11.3 Å². The van der Waals surface area contributed by atoms with Crippen molar-refractivity contribution in [1.82, 2.24) is 15.1 Å². The molecule has 0 saturated heterocycles. The van der Waals surface area contributed by atoms with Gasteiger partial charge in [-0.05, 0) is 32.9 Å². The van der Waals surface area contributed by atoms with E-state index in [9.17, 15) is 14.0 Å². The van der Waals surface area contributed by atoms with E-state index in [4.69, 9.17) is 10.5 Å². The molecule has 2 amide bonds. The van der Waals surface area contributed by atoms with Gasteiger partial charge in [0.2, 0.25) is 0 Å². The summed E-state index contributed by atoms with van der Waals surface area (Å²) in [6.07, 6.45) is 1.04. The molecule has 0 radical (unpaired) electrons. The summed E-state index contributed by atoms with van der Waals surface area (Å²) >= 11 is 0. The monoisotopic (exact) mass is 322 g/mol. The molecule has 0 saturated carbocycles. The fourth-order valence-corrected chi connectivity index (χ4v) is 2.02. The molecule has 1 aromatic carbocycles. The summed E-state index contributed by atoms with van der Waals surface area (Å²) in [6.45, 7) is 5.88. The SMILES string of the molecule is CC(C)(C)NC(=O)OCCn1cc2cc(F)cc(C(N)=O)c2n1. The highest BCUT2D eigenvalue weighted by atomic mass is 19.1. The van der Waals surface area contributed by atoms with Gasteiger partial charge in [-0.1, -0.05) is 0 Å². The van der Waals surface area contributed by atoms with Crippen molar-refractivity contribution >= 4 is 22.9 Å². The maximum absolute atomic E-state index is 13.5. The second-order valence-electron chi connectivity index (χ2n) is 6.16. The summed E-state index contributed by atoms with van der Waals surface area (Å²) in [7, 11) is 0. The predicted octanol–water partition coefficient (Wildman–Crippen LogP) is 1.80. The van der Waals surface area contributed by atoms with Crippen LogP contribution in [0.3, 0.4) is 0 Å². The third-order valence-electron chi connectivity index (χ3n) is 2.92. The number of carbonyl (C=O) groups is 2. The van der Waals surface area contributed by atoms with E-state index >= 15 is 0 Å². The highest BCUT2D eigenvalue weighted by molar-refractivity contribution is 6.04. The molecule has 0 atom stereocenters. The number of benzene rings is 1. The van der Waals surface area contributed by atoms with Crippen molar-refractivity contribution in [2.45, 2.75) is 32.9 Å². The first-order valence-corrected chi connectivity index (χ1v) is 7.07. The normalized spacial score (nSPS) is 11.5. The molecule has 0 aliphatic heterocycles. The lowest BCUT2D eigenvalue weighted by molar-refractivity contribution is 0.100. The van der Waals surface area contributed by atoms with E-state index in [0.29, 0.717) is 10.9 Å². The lowest BCUT2D eigenvalue weighted by Gasteiger charge is -2.19. The Labute approximate surface area is 132 Å². The van der Waals surface area contributed by atoms with Gasteiger partial charge in [0.25, 0.3) is 5.91 Å². The number of hydrogen-bond acceptors (Lipinski definition) is 4. The van der Waals surface area contributed by atoms with E-state index in [-0.39, 0.29) is 24.3 Å². The molecular formula is C15H19FN4O3. The van der Waals surface area contributed by atoms with Crippen LogP contribution in [0.5, 0.6) is 0 Å². The van der Waals surface area contributed by atoms with E-state index in [2.05, 4.69) is 10.4 Å². The van der Waals surface area contributed by atoms with E-state index < -0.39 is 17.8 Å². The molecular weight excluding hydrogens is 303 g/mol. The zero-order chi connectivity index (χ0) is 17.2. The number of nitrogens with zero attached hydrogens (tertiary/aromatic N) is 2. The van der Waals surface area contributed by atoms with Crippen LogP contribution in [0.15, 0.2) is 18.3 Å². The first kappa shape index (κ1) is 16.7. The van der Waals surface area contributed by atoms with E-state index in [1.54, 1.807) is 6.20 Å². The number of ether oxygens (including phenoxy) is 1. The molecule has 124 valence electrons. The van der Waals surface area contributed by atoms with Gasteiger partial charge in [-0.25, -0.2) is 9.18 Å². The minimum atomic E-state index is -0.749. The van der Waals surface area contributed by atoms with Crippen LogP contribution in [0.4, 0.5) is 9.18 Å². The molecule has 2 rings (SSSR count). The molecule has 1 heterocycles. The molecule has 0 unspecified atom stereocenters. The number of primary amides is 1. The number of rotatable bonds is 4. The largest absolute Gasteiger partial charge is 0.448 e. The van der Waals surface area contributed by atoms with Gasteiger partial charge < -0.3 is 15.8 Å². The fraction of sp³-hybridized carbons (Fsp3) is 0.400.